The summed E-state index contributed by atoms with van der Waals surface area (Å²) >= 11 is 0. The van der Waals surface area contributed by atoms with Gasteiger partial charge in [-0.25, -0.2) is 0 Å². The largest absolute Gasteiger partial charge is 0.468 e. The number of nitro groups is 2. The van der Waals surface area contributed by atoms with Gasteiger partial charge in [0.1, 0.15) is 17.9 Å². The smallest absolute Gasteiger partial charge is 0.358 e. The first kappa shape index (κ1) is 22.1. The van der Waals surface area contributed by atoms with Gasteiger partial charge in [-0.15, -0.1) is 0 Å². The van der Waals surface area contributed by atoms with E-state index in [0.29, 0.717) is 11.4 Å². The van der Waals surface area contributed by atoms with E-state index in [1.807, 2.05) is 0 Å². The van der Waals surface area contributed by atoms with E-state index in [-0.39, 0.29) is 17.1 Å². The van der Waals surface area contributed by atoms with Crippen molar-refractivity contribution in [2.45, 2.75) is 20.4 Å². The van der Waals surface area contributed by atoms with Crippen molar-refractivity contribution < 1.29 is 19.4 Å². The Hall–Kier alpha value is -4.63. The number of aromatic nitrogens is 6. The van der Waals surface area contributed by atoms with Gasteiger partial charge in [-0.05, 0) is 18.8 Å². The van der Waals surface area contributed by atoms with Gasteiger partial charge in [-0.1, -0.05) is 0 Å². The molecule has 0 saturated heterocycles. The zero-order valence-corrected chi connectivity index (χ0v) is 17.4. The molecule has 3 rings (SSSR count). The van der Waals surface area contributed by atoms with Gasteiger partial charge in [0.05, 0.1) is 39.5 Å². The van der Waals surface area contributed by atoms with Gasteiger partial charge in [-0.3, -0.25) is 29.1 Å². The van der Waals surface area contributed by atoms with Crippen molar-refractivity contribution in [3.63, 3.8) is 0 Å². The molecule has 0 unspecified atom stereocenters. The van der Waals surface area contributed by atoms with Gasteiger partial charge in [-0.2, -0.15) is 14.9 Å². The highest BCUT2D eigenvalue weighted by atomic mass is 16.6. The lowest BCUT2D eigenvalue weighted by Gasteiger charge is -2.08. The van der Waals surface area contributed by atoms with Crippen molar-refractivity contribution >= 4 is 34.7 Å². The van der Waals surface area contributed by atoms with Crippen LogP contribution in [0.5, 0.6) is 0 Å². The lowest BCUT2D eigenvalue weighted by molar-refractivity contribution is -0.424. The summed E-state index contributed by atoms with van der Waals surface area (Å²) in [4.78, 5) is 45.5. The third-order valence-electron chi connectivity index (χ3n) is 4.72. The Morgan fingerprint density at radius 2 is 1.59 bits per heavy atom. The molecule has 168 valence electrons. The number of nitrogens with one attached hydrogen (secondary N) is 2. The second-order valence-electron chi connectivity index (χ2n) is 6.73. The van der Waals surface area contributed by atoms with E-state index in [9.17, 15) is 29.8 Å². The maximum absolute atomic E-state index is 12.7. The predicted molar refractivity (Wildman–Crippen MR) is 108 cm³/mol. The molecule has 3 aromatic rings. The predicted octanol–water partition coefficient (Wildman–Crippen LogP) is 0.674. The van der Waals surface area contributed by atoms with Crippen LogP contribution >= 0.6 is 0 Å². The molecule has 0 atom stereocenters. The average molecular weight is 446 g/mol. The van der Waals surface area contributed by atoms with Gasteiger partial charge < -0.3 is 20.7 Å². The van der Waals surface area contributed by atoms with Crippen molar-refractivity contribution in [1.29, 1.82) is 0 Å². The summed E-state index contributed by atoms with van der Waals surface area (Å²) in [6, 6.07) is 0. The standard InChI is InChI=1S/C16H18N10O6/c1-8-10(5-17-22(8)3)20-16(28)14-11(6-18-23(14)4)19-12(27)7-24-9(2)13(25(29)30)15(21-24)26(31)32/h5-6H,7H2,1-4H3,(H,19,27)(H,20,28). The molecule has 3 aromatic heterocycles. The lowest BCUT2D eigenvalue weighted by Crippen LogP contribution is -2.23. The molecular formula is C16H18N10O6. The highest BCUT2D eigenvalue weighted by Crippen LogP contribution is 2.29. The topological polar surface area (TPSA) is 198 Å². The Bertz CT molecular complexity index is 1250. The number of rotatable bonds is 7. The van der Waals surface area contributed by atoms with Crippen molar-refractivity contribution in [2.24, 2.45) is 14.1 Å². The molecule has 3 heterocycles. The molecule has 0 spiro atoms. The van der Waals surface area contributed by atoms with Crippen LogP contribution in [-0.2, 0) is 25.4 Å². The quantitative estimate of drug-likeness (QED) is 0.387. The molecule has 0 aromatic carbocycles. The molecule has 0 aliphatic heterocycles. The summed E-state index contributed by atoms with van der Waals surface area (Å²) in [7, 11) is 3.22. The Kier molecular flexibility index (Phi) is 5.69. The van der Waals surface area contributed by atoms with E-state index in [0.717, 1.165) is 4.68 Å². The summed E-state index contributed by atoms with van der Waals surface area (Å²) in [5.74, 6) is -2.24. The molecule has 0 radical (unpaired) electrons. The van der Waals surface area contributed by atoms with Crippen molar-refractivity contribution in [3.8, 4) is 0 Å². The summed E-state index contributed by atoms with van der Waals surface area (Å²) < 4.78 is 3.68. The van der Waals surface area contributed by atoms with E-state index < -0.39 is 39.7 Å². The molecule has 16 nitrogen and oxygen atoms in total. The normalized spacial score (nSPS) is 10.8. The second-order valence-corrected chi connectivity index (χ2v) is 6.73. The van der Waals surface area contributed by atoms with E-state index >= 15 is 0 Å². The first-order valence-electron chi connectivity index (χ1n) is 8.99. The zero-order chi connectivity index (χ0) is 23.7. The number of carbonyl (C=O) groups is 2. The van der Waals surface area contributed by atoms with Crippen LogP contribution in [-0.4, -0.2) is 51.0 Å². The zero-order valence-electron chi connectivity index (χ0n) is 17.4. The summed E-state index contributed by atoms with van der Waals surface area (Å²) in [6.45, 7) is 2.45. The number of nitrogens with zero attached hydrogens (tertiary/aromatic N) is 8. The second kappa shape index (κ2) is 8.25. The van der Waals surface area contributed by atoms with Crippen LogP contribution in [0.3, 0.4) is 0 Å². The molecule has 0 fully saturated rings. The van der Waals surface area contributed by atoms with E-state index in [1.165, 1.54) is 31.0 Å². The maximum Gasteiger partial charge on any atom is 0.468 e. The molecule has 16 heteroatoms. The van der Waals surface area contributed by atoms with Crippen LogP contribution in [0.1, 0.15) is 21.9 Å². The lowest BCUT2D eigenvalue weighted by atomic mass is 10.3. The number of amides is 2. The number of aryl methyl sites for hydroxylation is 2. The highest BCUT2D eigenvalue weighted by Gasteiger charge is 2.36. The van der Waals surface area contributed by atoms with E-state index in [4.69, 9.17) is 0 Å². The molecule has 0 aliphatic carbocycles. The van der Waals surface area contributed by atoms with E-state index in [2.05, 4.69) is 25.9 Å². The summed E-state index contributed by atoms with van der Waals surface area (Å²) in [6.07, 6.45) is 2.73. The Morgan fingerprint density at radius 1 is 0.969 bits per heavy atom. The van der Waals surface area contributed by atoms with Gasteiger partial charge in [0.25, 0.3) is 5.91 Å². The Labute approximate surface area is 179 Å². The summed E-state index contributed by atoms with van der Waals surface area (Å²) in [5.41, 5.74) is 0.344. The average Bonchev–Trinajstić information content (AvgIpc) is 3.33. The molecule has 0 bridgehead atoms. The molecule has 32 heavy (non-hydrogen) atoms. The number of hydrogen-bond acceptors (Lipinski definition) is 9. The SMILES string of the molecule is Cc1c(NC(=O)c2c(NC(=O)Cn3nc([N+](=O)[O-])c([N+](=O)[O-])c3C)cnn2C)cnn1C. The van der Waals surface area contributed by atoms with Crippen LogP contribution in [0, 0.1) is 34.1 Å². The maximum atomic E-state index is 12.7. The number of carbonyl (C=O) groups excluding carboxylic acids is 2. The molecule has 2 amide bonds. The minimum atomic E-state index is -0.997. The van der Waals surface area contributed by atoms with Crippen LogP contribution in [0.4, 0.5) is 22.9 Å². The fourth-order valence-corrected chi connectivity index (χ4v) is 2.94. The van der Waals surface area contributed by atoms with E-state index in [1.54, 1.807) is 18.7 Å². The van der Waals surface area contributed by atoms with Crippen LogP contribution in [0.2, 0.25) is 0 Å². The van der Waals surface area contributed by atoms with Crippen LogP contribution < -0.4 is 10.6 Å². The first-order valence-corrected chi connectivity index (χ1v) is 8.99. The molecular weight excluding hydrogens is 428 g/mol. The summed E-state index contributed by atoms with van der Waals surface area (Å²) in [5, 5.41) is 38.9. The number of anilines is 2. The fourth-order valence-electron chi connectivity index (χ4n) is 2.94. The highest BCUT2D eigenvalue weighted by molar-refractivity contribution is 6.09. The molecule has 0 saturated carbocycles. The van der Waals surface area contributed by atoms with Crippen molar-refractivity contribution in [1.82, 2.24) is 29.3 Å². The van der Waals surface area contributed by atoms with Crippen molar-refractivity contribution in [2.75, 3.05) is 10.6 Å². The van der Waals surface area contributed by atoms with Gasteiger partial charge in [0.15, 0.2) is 0 Å². The monoisotopic (exact) mass is 446 g/mol. The van der Waals surface area contributed by atoms with Gasteiger partial charge in [0.2, 0.25) is 5.91 Å². The third kappa shape index (κ3) is 4.00. The van der Waals surface area contributed by atoms with Crippen LogP contribution in [0.25, 0.3) is 0 Å². The van der Waals surface area contributed by atoms with Crippen molar-refractivity contribution in [3.05, 3.63) is 49.7 Å². The third-order valence-corrected chi connectivity index (χ3v) is 4.72. The first-order chi connectivity index (χ1) is 15.0. The molecule has 2 N–H and O–H groups in total. The minimum absolute atomic E-state index is 0.0377. The van der Waals surface area contributed by atoms with Gasteiger partial charge in [0, 0.05) is 14.1 Å². The van der Waals surface area contributed by atoms with Crippen LogP contribution in [0.15, 0.2) is 12.4 Å². The van der Waals surface area contributed by atoms with Gasteiger partial charge >= 0.3 is 11.5 Å². The number of hydrogen-bond donors (Lipinski definition) is 2. The minimum Gasteiger partial charge on any atom is -0.358 e. The Balaban J connectivity index is 1.81. The fraction of sp³-hybridized carbons (Fsp3) is 0.312. The Morgan fingerprint density at radius 3 is 2.12 bits per heavy atom. The molecule has 0 aliphatic rings.